The molecule has 2 atom stereocenters. The van der Waals surface area contributed by atoms with E-state index in [1.54, 1.807) is 0 Å². The van der Waals surface area contributed by atoms with Gasteiger partial charge in [-0.25, -0.2) is 0 Å². The summed E-state index contributed by atoms with van der Waals surface area (Å²) in [7, 11) is 0. The molecular weight excluding hydrogens is 222 g/mol. The summed E-state index contributed by atoms with van der Waals surface area (Å²) in [6.07, 6.45) is 2.83. The van der Waals surface area contributed by atoms with E-state index in [1.165, 1.54) is 0 Å². The molecule has 0 aromatic heterocycles. The summed E-state index contributed by atoms with van der Waals surface area (Å²) in [5.41, 5.74) is 1.26. The van der Waals surface area contributed by atoms with Crippen molar-refractivity contribution in [3.63, 3.8) is 0 Å². The van der Waals surface area contributed by atoms with Crippen LogP contribution >= 0.6 is 0 Å². The van der Waals surface area contributed by atoms with Crippen molar-refractivity contribution < 1.29 is 5.11 Å². The number of aliphatic hydroxyl groups is 1. The second-order valence-electron chi connectivity index (χ2n) is 5.76. The highest BCUT2D eigenvalue weighted by molar-refractivity contribution is 5.19. The summed E-state index contributed by atoms with van der Waals surface area (Å²) < 4.78 is 0. The molecule has 0 heterocycles. The summed E-state index contributed by atoms with van der Waals surface area (Å²) in [5.74, 6) is 0. The number of benzene rings is 1. The van der Waals surface area contributed by atoms with Crippen LogP contribution in [0.5, 0.6) is 0 Å². The van der Waals surface area contributed by atoms with E-state index in [0.717, 1.165) is 12.0 Å². The lowest BCUT2D eigenvalue weighted by Gasteiger charge is -2.34. The Labute approximate surface area is 111 Å². The van der Waals surface area contributed by atoms with Gasteiger partial charge in [0, 0.05) is 6.04 Å². The van der Waals surface area contributed by atoms with E-state index in [2.05, 4.69) is 32.7 Å². The standard InChI is InChI=1S/C16H25NO/c1-5-9-15(16(2,3)4)17-14(12-18)13-10-7-6-8-11-13/h5-8,10-11,14-15,17-18H,1,9,12H2,2-4H3/t14-,15+/m0/s1. The first-order chi connectivity index (χ1) is 8.49. The minimum absolute atomic E-state index is 0.0182. The zero-order chi connectivity index (χ0) is 13.6. The first-order valence-electron chi connectivity index (χ1n) is 6.51. The summed E-state index contributed by atoms with van der Waals surface area (Å²) in [5, 5.41) is 13.1. The number of rotatable bonds is 6. The summed E-state index contributed by atoms with van der Waals surface area (Å²) >= 11 is 0. The monoisotopic (exact) mass is 247 g/mol. The molecule has 0 amide bonds. The van der Waals surface area contributed by atoms with Gasteiger partial charge in [-0.05, 0) is 17.4 Å². The fourth-order valence-electron chi connectivity index (χ4n) is 2.02. The van der Waals surface area contributed by atoms with Crippen molar-refractivity contribution in [3.8, 4) is 0 Å². The van der Waals surface area contributed by atoms with Gasteiger partial charge in [-0.15, -0.1) is 6.58 Å². The molecule has 0 radical (unpaired) electrons. The van der Waals surface area contributed by atoms with Crippen LogP contribution in [0.1, 0.15) is 38.8 Å². The van der Waals surface area contributed by atoms with Crippen molar-refractivity contribution in [1.82, 2.24) is 5.32 Å². The van der Waals surface area contributed by atoms with E-state index in [4.69, 9.17) is 0 Å². The summed E-state index contributed by atoms with van der Waals surface area (Å²) in [6, 6.07) is 10.4. The molecule has 0 spiro atoms. The second-order valence-corrected chi connectivity index (χ2v) is 5.76. The molecule has 100 valence electrons. The molecule has 0 unspecified atom stereocenters. The summed E-state index contributed by atoms with van der Waals surface area (Å²) in [4.78, 5) is 0. The molecule has 2 nitrogen and oxygen atoms in total. The largest absolute Gasteiger partial charge is 0.394 e. The molecule has 1 aromatic carbocycles. The minimum Gasteiger partial charge on any atom is -0.394 e. The Morgan fingerprint density at radius 3 is 2.33 bits per heavy atom. The van der Waals surface area contributed by atoms with Gasteiger partial charge in [-0.3, -0.25) is 0 Å². The van der Waals surface area contributed by atoms with Crippen molar-refractivity contribution in [2.75, 3.05) is 6.61 Å². The van der Waals surface area contributed by atoms with Crippen LogP contribution in [0.25, 0.3) is 0 Å². The Morgan fingerprint density at radius 1 is 1.28 bits per heavy atom. The van der Waals surface area contributed by atoms with Gasteiger partial charge < -0.3 is 10.4 Å². The fraction of sp³-hybridized carbons (Fsp3) is 0.500. The SMILES string of the molecule is C=CC[C@@H](N[C@@H](CO)c1ccccc1)C(C)(C)C. The van der Waals surface area contributed by atoms with Crippen LogP contribution in [0.2, 0.25) is 0 Å². The van der Waals surface area contributed by atoms with Crippen molar-refractivity contribution in [2.45, 2.75) is 39.3 Å². The number of nitrogens with one attached hydrogen (secondary N) is 1. The van der Waals surface area contributed by atoms with Gasteiger partial charge in [0.1, 0.15) is 0 Å². The molecule has 1 rings (SSSR count). The molecule has 0 aliphatic heterocycles. The lowest BCUT2D eigenvalue weighted by atomic mass is 9.84. The van der Waals surface area contributed by atoms with Crippen molar-refractivity contribution in [1.29, 1.82) is 0 Å². The molecule has 0 fully saturated rings. The van der Waals surface area contributed by atoms with Crippen LogP contribution in [-0.2, 0) is 0 Å². The van der Waals surface area contributed by atoms with E-state index >= 15 is 0 Å². The highest BCUT2D eigenvalue weighted by Crippen LogP contribution is 2.25. The fourth-order valence-corrected chi connectivity index (χ4v) is 2.02. The smallest absolute Gasteiger partial charge is 0.0626 e. The number of aliphatic hydroxyl groups excluding tert-OH is 1. The normalized spacial score (nSPS) is 15.1. The predicted octanol–water partition coefficient (Wildman–Crippen LogP) is 3.30. The average Bonchev–Trinajstić information content (AvgIpc) is 2.34. The van der Waals surface area contributed by atoms with Gasteiger partial charge in [-0.1, -0.05) is 57.2 Å². The van der Waals surface area contributed by atoms with Gasteiger partial charge >= 0.3 is 0 Å². The van der Waals surface area contributed by atoms with Gasteiger partial charge in [0.15, 0.2) is 0 Å². The van der Waals surface area contributed by atoms with Crippen LogP contribution in [-0.4, -0.2) is 17.8 Å². The zero-order valence-electron chi connectivity index (χ0n) is 11.7. The van der Waals surface area contributed by atoms with Gasteiger partial charge in [0.25, 0.3) is 0 Å². The van der Waals surface area contributed by atoms with Gasteiger partial charge in [0.05, 0.1) is 12.6 Å². The third kappa shape index (κ3) is 4.28. The van der Waals surface area contributed by atoms with E-state index in [-0.39, 0.29) is 18.1 Å². The van der Waals surface area contributed by atoms with Crippen LogP contribution in [0, 0.1) is 5.41 Å². The molecule has 0 saturated heterocycles. The first-order valence-corrected chi connectivity index (χ1v) is 6.51. The van der Waals surface area contributed by atoms with Gasteiger partial charge in [0.2, 0.25) is 0 Å². The highest BCUT2D eigenvalue weighted by Gasteiger charge is 2.26. The maximum atomic E-state index is 9.57. The lowest BCUT2D eigenvalue weighted by molar-refractivity contribution is 0.190. The van der Waals surface area contributed by atoms with Crippen molar-refractivity contribution in [2.24, 2.45) is 5.41 Å². The highest BCUT2D eigenvalue weighted by atomic mass is 16.3. The molecule has 0 aliphatic rings. The average molecular weight is 247 g/mol. The van der Waals surface area contributed by atoms with Gasteiger partial charge in [-0.2, -0.15) is 0 Å². The predicted molar refractivity (Wildman–Crippen MR) is 77.5 cm³/mol. The Hall–Kier alpha value is -1.12. The van der Waals surface area contributed by atoms with E-state index < -0.39 is 0 Å². The minimum atomic E-state index is -0.0182. The molecule has 0 aliphatic carbocycles. The van der Waals surface area contributed by atoms with Crippen LogP contribution in [0.3, 0.4) is 0 Å². The summed E-state index contributed by atoms with van der Waals surface area (Å²) in [6.45, 7) is 10.5. The molecular formula is C16H25NO. The van der Waals surface area contributed by atoms with Crippen molar-refractivity contribution in [3.05, 3.63) is 48.6 Å². The number of hydrogen-bond acceptors (Lipinski definition) is 2. The first kappa shape index (κ1) is 14.9. The van der Waals surface area contributed by atoms with Crippen LogP contribution in [0.15, 0.2) is 43.0 Å². The van der Waals surface area contributed by atoms with Crippen LogP contribution in [0.4, 0.5) is 0 Å². The molecule has 2 heteroatoms. The quantitative estimate of drug-likeness (QED) is 0.756. The van der Waals surface area contributed by atoms with E-state index in [9.17, 15) is 5.11 Å². The molecule has 2 N–H and O–H groups in total. The topological polar surface area (TPSA) is 32.3 Å². The van der Waals surface area contributed by atoms with E-state index in [1.807, 2.05) is 36.4 Å². The second kappa shape index (κ2) is 6.72. The lowest BCUT2D eigenvalue weighted by Crippen LogP contribution is -2.43. The van der Waals surface area contributed by atoms with E-state index in [0.29, 0.717) is 6.04 Å². The zero-order valence-corrected chi connectivity index (χ0v) is 11.7. The van der Waals surface area contributed by atoms with Crippen molar-refractivity contribution >= 4 is 0 Å². The third-order valence-corrected chi connectivity index (χ3v) is 3.23. The Morgan fingerprint density at radius 2 is 1.89 bits per heavy atom. The molecule has 0 saturated carbocycles. The molecule has 0 bridgehead atoms. The van der Waals surface area contributed by atoms with Crippen LogP contribution < -0.4 is 5.32 Å². The maximum Gasteiger partial charge on any atom is 0.0626 e. The molecule has 1 aromatic rings. The Bertz CT molecular complexity index is 353. The molecule has 18 heavy (non-hydrogen) atoms. The Balaban J connectivity index is 2.80. The maximum absolute atomic E-state index is 9.57. The third-order valence-electron chi connectivity index (χ3n) is 3.23. The Kier molecular flexibility index (Phi) is 5.57. The number of hydrogen-bond donors (Lipinski definition) is 2.